The molecule has 4 aliphatic rings. The number of fused-ring (bicyclic) bond motifs is 1. The molecular weight excluding hydrogens is 405 g/mol. The molecule has 2 aromatic carbocycles. The maximum absolute atomic E-state index is 14.5. The van der Waals surface area contributed by atoms with Crippen LogP contribution < -0.4 is 10.2 Å². The molecule has 0 spiro atoms. The Labute approximate surface area is 174 Å². The molecule has 2 amide bonds. The van der Waals surface area contributed by atoms with E-state index in [1.165, 1.54) is 4.90 Å². The van der Waals surface area contributed by atoms with Crippen molar-refractivity contribution in [2.24, 2.45) is 17.3 Å². The molecular formula is C23H21ClNO3P. The van der Waals surface area contributed by atoms with E-state index in [-0.39, 0.29) is 11.8 Å². The number of amides is 2. The van der Waals surface area contributed by atoms with Crippen LogP contribution in [0.1, 0.15) is 12.5 Å². The third-order valence-corrected chi connectivity index (χ3v) is 11.3. The van der Waals surface area contributed by atoms with Crippen LogP contribution in [0.3, 0.4) is 0 Å². The maximum Gasteiger partial charge on any atom is 0.238 e. The van der Waals surface area contributed by atoms with Crippen molar-refractivity contribution in [3.05, 3.63) is 71.3 Å². The monoisotopic (exact) mass is 425 g/mol. The summed E-state index contributed by atoms with van der Waals surface area (Å²) in [6, 6.07) is 16.6. The van der Waals surface area contributed by atoms with E-state index in [2.05, 4.69) is 0 Å². The van der Waals surface area contributed by atoms with Gasteiger partial charge < -0.3 is 4.57 Å². The van der Waals surface area contributed by atoms with Gasteiger partial charge in [-0.3, -0.25) is 9.59 Å². The molecule has 0 radical (unpaired) electrons. The Bertz CT molecular complexity index is 1130. The summed E-state index contributed by atoms with van der Waals surface area (Å²) < 4.78 is 14.5. The van der Waals surface area contributed by atoms with Crippen LogP contribution in [0.5, 0.6) is 0 Å². The highest BCUT2D eigenvalue weighted by atomic mass is 35.5. The zero-order chi connectivity index (χ0) is 20.6. The smallest absolute Gasteiger partial charge is 0.238 e. The van der Waals surface area contributed by atoms with Crippen molar-refractivity contribution in [3.63, 3.8) is 0 Å². The van der Waals surface area contributed by atoms with Crippen molar-refractivity contribution in [2.45, 2.75) is 19.5 Å². The lowest BCUT2D eigenvalue weighted by Crippen LogP contribution is -2.53. The van der Waals surface area contributed by atoms with Crippen LogP contribution in [0.15, 0.2) is 65.7 Å². The number of allylic oxidation sites excluding steroid dienone is 2. The van der Waals surface area contributed by atoms with Gasteiger partial charge in [-0.2, -0.15) is 0 Å². The van der Waals surface area contributed by atoms with Gasteiger partial charge in [-0.1, -0.05) is 67.1 Å². The van der Waals surface area contributed by atoms with Crippen molar-refractivity contribution in [3.8, 4) is 0 Å². The quantitative estimate of drug-likeness (QED) is 0.532. The van der Waals surface area contributed by atoms with Crippen LogP contribution in [0.2, 0.25) is 0 Å². The molecule has 29 heavy (non-hydrogen) atoms. The number of hydrogen-bond donors (Lipinski definition) is 0. The lowest BCUT2D eigenvalue weighted by molar-refractivity contribution is -0.123. The molecule has 6 rings (SSSR count). The van der Waals surface area contributed by atoms with E-state index in [9.17, 15) is 14.2 Å². The number of anilines is 1. The molecule has 2 saturated heterocycles. The Morgan fingerprint density at radius 1 is 1.03 bits per heavy atom. The first-order valence-electron chi connectivity index (χ1n) is 9.74. The summed E-state index contributed by atoms with van der Waals surface area (Å²) in [7, 11) is -2.98. The van der Waals surface area contributed by atoms with E-state index in [1.54, 1.807) is 30.3 Å². The number of halogens is 1. The second kappa shape index (κ2) is 6.17. The molecule has 0 N–H and O–H groups in total. The number of carbonyl (C=O) groups is 2. The van der Waals surface area contributed by atoms with Crippen LogP contribution in [-0.4, -0.2) is 23.6 Å². The van der Waals surface area contributed by atoms with Crippen molar-refractivity contribution in [1.29, 1.82) is 0 Å². The Morgan fingerprint density at radius 3 is 2.38 bits per heavy atom. The number of carbonyl (C=O) groups excluding carboxylic acids is 2. The highest BCUT2D eigenvalue weighted by Crippen LogP contribution is 2.71. The van der Waals surface area contributed by atoms with Gasteiger partial charge in [0.2, 0.25) is 11.8 Å². The minimum absolute atomic E-state index is 0.235. The number of aryl methyl sites for hydroxylation is 1. The molecule has 3 aliphatic heterocycles. The summed E-state index contributed by atoms with van der Waals surface area (Å²) in [6.07, 6.45) is 2.12. The number of rotatable bonds is 2. The highest BCUT2D eigenvalue weighted by Gasteiger charge is 2.69. The summed E-state index contributed by atoms with van der Waals surface area (Å²) in [5.74, 6) is -1.73. The number of para-hydroxylation sites is 1. The van der Waals surface area contributed by atoms with Gasteiger partial charge in [0, 0.05) is 27.6 Å². The molecule has 5 atom stereocenters. The Hall–Kier alpha value is -2.16. The Morgan fingerprint density at radius 2 is 1.69 bits per heavy atom. The second-order valence-electron chi connectivity index (χ2n) is 8.51. The molecule has 6 heteroatoms. The van der Waals surface area contributed by atoms with E-state index in [1.807, 2.05) is 44.2 Å². The Kier molecular flexibility index (Phi) is 4.01. The first-order valence-corrected chi connectivity index (χ1v) is 12.1. The molecule has 0 aromatic heterocycles. The fourth-order valence-electron chi connectivity index (χ4n) is 5.51. The lowest BCUT2D eigenvalue weighted by atomic mass is 9.67. The fourth-order valence-corrected chi connectivity index (χ4v) is 10.3. The molecule has 2 fully saturated rings. The van der Waals surface area contributed by atoms with Crippen molar-refractivity contribution >= 4 is 41.5 Å². The standard InChI is InChI=1S/C23H21ClNO3P/c1-14-8-6-7-11-16(14)29(28)13-23(2)18(24)12-17(29)19-20(23)22(27)25(21(19)26)15-9-4-3-5-10-15/h3-12,17,19-20H,13H2,1-2H3/t17-,19+,20-,23+,29+/m0/s1. The molecule has 2 aromatic rings. The van der Waals surface area contributed by atoms with Gasteiger partial charge >= 0.3 is 0 Å². The van der Waals surface area contributed by atoms with Crippen molar-refractivity contribution in [1.82, 2.24) is 0 Å². The van der Waals surface area contributed by atoms with Gasteiger partial charge in [0.25, 0.3) is 0 Å². The number of imide groups is 1. The number of hydrogen-bond acceptors (Lipinski definition) is 3. The first kappa shape index (κ1) is 18.8. The van der Waals surface area contributed by atoms with E-state index >= 15 is 0 Å². The van der Waals surface area contributed by atoms with E-state index < -0.39 is 30.1 Å². The van der Waals surface area contributed by atoms with E-state index in [4.69, 9.17) is 11.6 Å². The maximum atomic E-state index is 14.5. The molecule has 148 valence electrons. The highest BCUT2D eigenvalue weighted by molar-refractivity contribution is 7.72. The Balaban J connectivity index is 1.69. The molecule has 1 aliphatic carbocycles. The summed E-state index contributed by atoms with van der Waals surface area (Å²) in [4.78, 5) is 28.2. The fraction of sp³-hybridized carbons (Fsp3) is 0.304. The van der Waals surface area contributed by atoms with Gasteiger partial charge in [-0.05, 0) is 24.6 Å². The summed E-state index contributed by atoms with van der Waals surface area (Å²) in [5.41, 5.74) is 0.147. The third-order valence-electron chi connectivity index (χ3n) is 6.85. The molecule has 0 unspecified atom stereocenters. The molecule has 2 bridgehead atoms. The predicted molar refractivity (Wildman–Crippen MR) is 115 cm³/mol. The van der Waals surface area contributed by atoms with E-state index in [0.717, 1.165) is 10.9 Å². The second-order valence-corrected chi connectivity index (χ2v) is 11.9. The summed E-state index contributed by atoms with van der Waals surface area (Å²) >= 11 is 6.64. The largest absolute Gasteiger partial charge is 0.318 e. The number of benzene rings is 2. The van der Waals surface area contributed by atoms with Crippen LogP contribution in [0.25, 0.3) is 0 Å². The SMILES string of the molecule is Cc1ccccc1[P@]1(=O)C[C@]2(C)C(Cl)=C[C@H]1[C@H]1C(=O)N(c3ccccc3)C(=O)[C@H]12. The lowest BCUT2D eigenvalue weighted by Gasteiger charge is -2.52. The van der Waals surface area contributed by atoms with E-state index in [0.29, 0.717) is 16.9 Å². The first-order chi connectivity index (χ1) is 13.8. The molecule has 4 nitrogen and oxygen atoms in total. The average molecular weight is 426 g/mol. The van der Waals surface area contributed by atoms with Crippen molar-refractivity contribution < 1.29 is 14.2 Å². The van der Waals surface area contributed by atoms with Gasteiger partial charge in [0.05, 0.1) is 17.5 Å². The van der Waals surface area contributed by atoms with Crippen LogP contribution in [-0.2, 0) is 14.2 Å². The molecule has 3 heterocycles. The zero-order valence-corrected chi connectivity index (χ0v) is 17.9. The van der Waals surface area contributed by atoms with Gasteiger partial charge in [-0.15, -0.1) is 0 Å². The van der Waals surface area contributed by atoms with Crippen LogP contribution >= 0.6 is 18.7 Å². The predicted octanol–water partition coefficient (Wildman–Crippen LogP) is 4.31. The normalized spacial score (nSPS) is 35.6. The summed E-state index contributed by atoms with van der Waals surface area (Å²) in [6.45, 7) is 3.84. The number of nitrogens with zero attached hydrogens (tertiary/aromatic N) is 1. The third kappa shape index (κ3) is 2.36. The minimum atomic E-state index is -2.98. The van der Waals surface area contributed by atoms with Crippen LogP contribution in [0.4, 0.5) is 5.69 Å². The average Bonchev–Trinajstić information content (AvgIpc) is 2.96. The zero-order valence-electron chi connectivity index (χ0n) is 16.2. The van der Waals surface area contributed by atoms with Gasteiger partial charge in [0.15, 0.2) is 0 Å². The van der Waals surface area contributed by atoms with Crippen LogP contribution in [0, 0.1) is 24.2 Å². The van der Waals surface area contributed by atoms with Gasteiger partial charge in [-0.25, -0.2) is 4.90 Å². The minimum Gasteiger partial charge on any atom is -0.318 e. The summed E-state index contributed by atoms with van der Waals surface area (Å²) in [5, 5.41) is 1.35. The topological polar surface area (TPSA) is 54.5 Å². The molecule has 0 saturated carbocycles. The van der Waals surface area contributed by atoms with Gasteiger partial charge in [0.1, 0.15) is 7.14 Å². The van der Waals surface area contributed by atoms with Crippen molar-refractivity contribution in [2.75, 3.05) is 11.1 Å².